The molecule has 0 aromatic heterocycles. The Hall–Kier alpha value is -1.46. The van der Waals surface area contributed by atoms with E-state index in [0.717, 1.165) is 5.69 Å². The van der Waals surface area contributed by atoms with E-state index < -0.39 is 0 Å². The Morgan fingerprint density at radius 2 is 1.86 bits per heavy atom. The standard InChI is InChI=1S/C12H15NO/c1-11-5-7-12(8-6-11)13(2)9-3-4-10-14/h5-8,14H,9-10H2,1-2H3. The van der Waals surface area contributed by atoms with Crippen molar-refractivity contribution in [1.29, 1.82) is 0 Å². The monoisotopic (exact) mass is 189 g/mol. The maximum atomic E-state index is 8.49. The van der Waals surface area contributed by atoms with E-state index >= 15 is 0 Å². The molecule has 1 N–H and O–H groups in total. The van der Waals surface area contributed by atoms with Crippen LogP contribution >= 0.6 is 0 Å². The molecule has 0 saturated heterocycles. The Morgan fingerprint density at radius 3 is 2.43 bits per heavy atom. The van der Waals surface area contributed by atoms with Gasteiger partial charge in [-0.15, -0.1) is 0 Å². The van der Waals surface area contributed by atoms with E-state index in [-0.39, 0.29) is 6.61 Å². The van der Waals surface area contributed by atoms with Gasteiger partial charge < -0.3 is 10.0 Å². The number of aryl methyl sites for hydroxylation is 1. The summed E-state index contributed by atoms with van der Waals surface area (Å²) in [4.78, 5) is 2.04. The van der Waals surface area contributed by atoms with Crippen LogP contribution in [0.2, 0.25) is 0 Å². The van der Waals surface area contributed by atoms with E-state index in [4.69, 9.17) is 5.11 Å². The molecule has 2 nitrogen and oxygen atoms in total. The molecule has 0 spiro atoms. The van der Waals surface area contributed by atoms with Crippen LogP contribution in [0, 0.1) is 18.8 Å². The van der Waals surface area contributed by atoms with E-state index in [1.54, 1.807) is 0 Å². The lowest BCUT2D eigenvalue weighted by atomic mass is 10.2. The number of aliphatic hydroxyl groups is 1. The highest BCUT2D eigenvalue weighted by atomic mass is 16.2. The van der Waals surface area contributed by atoms with Crippen molar-refractivity contribution in [2.45, 2.75) is 6.92 Å². The minimum atomic E-state index is -0.0677. The third-order valence-electron chi connectivity index (χ3n) is 2.00. The first-order valence-corrected chi connectivity index (χ1v) is 4.58. The predicted molar refractivity (Wildman–Crippen MR) is 59.3 cm³/mol. The van der Waals surface area contributed by atoms with Crippen molar-refractivity contribution in [1.82, 2.24) is 0 Å². The van der Waals surface area contributed by atoms with Gasteiger partial charge in [-0.3, -0.25) is 0 Å². The molecule has 0 amide bonds. The molecule has 0 fully saturated rings. The Balaban J connectivity index is 2.60. The van der Waals surface area contributed by atoms with E-state index in [2.05, 4.69) is 43.0 Å². The molecule has 0 radical (unpaired) electrons. The Morgan fingerprint density at radius 1 is 1.21 bits per heavy atom. The summed E-state index contributed by atoms with van der Waals surface area (Å²) in [5.41, 5.74) is 2.39. The van der Waals surface area contributed by atoms with Gasteiger partial charge in [0.05, 0.1) is 6.54 Å². The largest absolute Gasteiger partial charge is 0.384 e. The molecule has 0 bridgehead atoms. The van der Waals surface area contributed by atoms with Gasteiger partial charge in [-0.2, -0.15) is 0 Å². The molecule has 0 atom stereocenters. The van der Waals surface area contributed by atoms with Crippen molar-refractivity contribution < 1.29 is 5.11 Å². The molecule has 1 rings (SSSR count). The molecule has 0 aliphatic rings. The van der Waals surface area contributed by atoms with Crippen molar-refractivity contribution >= 4 is 5.69 Å². The van der Waals surface area contributed by atoms with Gasteiger partial charge in [-0.25, -0.2) is 0 Å². The topological polar surface area (TPSA) is 23.5 Å². The summed E-state index contributed by atoms with van der Waals surface area (Å²) in [7, 11) is 1.98. The minimum Gasteiger partial charge on any atom is -0.384 e. The first kappa shape index (κ1) is 10.6. The van der Waals surface area contributed by atoms with Crippen molar-refractivity contribution in [3.05, 3.63) is 29.8 Å². The van der Waals surface area contributed by atoms with Crippen LogP contribution < -0.4 is 4.90 Å². The number of hydrogen-bond acceptors (Lipinski definition) is 2. The zero-order chi connectivity index (χ0) is 10.4. The fourth-order valence-corrected chi connectivity index (χ4v) is 1.12. The lowest BCUT2D eigenvalue weighted by Gasteiger charge is -2.15. The lowest BCUT2D eigenvalue weighted by Crippen LogP contribution is -2.16. The molecule has 0 aliphatic heterocycles. The van der Waals surface area contributed by atoms with Crippen molar-refractivity contribution in [2.24, 2.45) is 0 Å². The quantitative estimate of drug-likeness (QED) is 0.711. The molecule has 1 aromatic carbocycles. The zero-order valence-corrected chi connectivity index (χ0v) is 8.62. The maximum absolute atomic E-state index is 8.49. The molecular formula is C12H15NO. The van der Waals surface area contributed by atoms with Crippen LogP contribution in [0.3, 0.4) is 0 Å². The third-order valence-corrected chi connectivity index (χ3v) is 2.00. The normalized spacial score (nSPS) is 9.07. The van der Waals surface area contributed by atoms with Gasteiger partial charge in [0.15, 0.2) is 0 Å². The molecular weight excluding hydrogens is 174 g/mol. The molecule has 14 heavy (non-hydrogen) atoms. The van der Waals surface area contributed by atoms with Gasteiger partial charge in [0.1, 0.15) is 6.61 Å². The number of anilines is 1. The first-order chi connectivity index (χ1) is 6.74. The minimum absolute atomic E-state index is 0.0677. The Labute approximate surface area is 85.2 Å². The summed E-state index contributed by atoms with van der Waals surface area (Å²) in [5.74, 6) is 5.50. The van der Waals surface area contributed by atoms with Crippen LogP contribution in [0.5, 0.6) is 0 Å². The number of benzene rings is 1. The van der Waals surface area contributed by atoms with E-state index in [0.29, 0.717) is 6.54 Å². The van der Waals surface area contributed by atoms with Crippen molar-refractivity contribution in [3.63, 3.8) is 0 Å². The van der Waals surface area contributed by atoms with Gasteiger partial charge in [0, 0.05) is 12.7 Å². The summed E-state index contributed by atoms with van der Waals surface area (Å²) in [6.07, 6.45) is 0. The van der Waals surface area contributed by atoms with Crippen LogP contribution in [-0.4, -0.2) is 25.3 Å². The SMILES string of the molecule is Cc1ccc(N(C)CC#CCO)cc1. The second kappa shape index (κ2) is 5.31. The maximum Gasteiger partial charge on any atom is 0.104 e. The van der Waals surface area contributed by atoms with Crippen LogP contribution in [0.4, 0.5) is 5.69 Å². The molecule has 74 valence electrons. The van der Waals surface area contributed by atoms with E-state index in [1.807, 2.05) is 11.9 Å². The van der Waals surface area contributed by atoms with Crippen LogP contribution in [-0.2, 0) is 0 Å². The number of aliphatic hydroxyl groups excluding tert-OH is 1. The summed E-state index contributed by atoms with van der Waals surface area (Å²) in [5, 5.41) is 8.49. The summed E-state index contributed by atoms with van der Waals surface area (Å²) in [6, 6.07) is 8.28. The Kier molecular flexibility index (Phi) is 4.03. The van der Waals surface area contributed by atoms with Gasteiger partial charge in [-0.1, -0.05) is 29.5 Å². The van der Waals surface area contributed by atoms with Gasteiger partial charge >= 0.3 is 0 Å². The lowest BCUT2D eigenvalue weighted by molar-refractivity contribution is 0.350. The van der Waals surface area contributed by atoms with E-state index in [9.17, 15) is 0 Å². The smallest absolute Gasteiger partial charge is 0.104 e. The first-order valence-electron chi connectivity index (χ1n) is 4.58. The third kappa shape index (κ3) is 3.12. The summed E-state index contributed by atoms with van der Waals surface area (Å²) < 4.78 is 0. The average molecular weight is 189 g/mol. The molecule has 0 unspecified atom stereocenters. The summed E-state index contributed by atoms with van der Waals surface area (Å²) >= 11 is 0. The molecule has 1 aromatic rings. The highest BCUT2D eigenvalue weighted by molar-refractivity contribution is 5.47. The van der Waals surface area contributed by atoms with E-state index in [1.165, 1.54) is 5.56 Å². The highest BCUT2D eigenvalue weighted by Gasteiger charge is 1.96. The fraction of sp³-hybridized carbons (Fsp3) is 0.333. The number of rotatable bonds is 2. The van der Waals surface area contributed by atoms with Crippen LogP contribution in [0.15, 0.2) is 24.3 Å². The van der Waals surface area contributed by atoms with Crippen molar-refractivity contribution in [3.8, 4) is 11.8 Å². The Bertz CT molecular complexity index is 332. The molecule has 2 heteroatoms. The van der Waals surface area contributed by atoms with Gasteiger partial charge in [0.25, 0.3) is 0 Å². The highest BCUT2D eigenvalue weighted by Crippen LogP contribution is 2.12. The van der Waals surface area contributed by atoms with Crippen LogP contribution in [0.1, 0.15) is 5.56 Å². The molecule has 0 saturated carbocycles. The second-order valence-electron chi connectivity index (χ2n) is 3.20. The number of nitrogens with zero attached hydrogens (tertiary/aromatic N) is 1. The second-order valence-corrected chi connectivity index (χ2v) is 3.20. The van der Waals surface area contributed by atoms with Gasteiger partial charge in [-0.05, 0) is 19.1 Å². The predicted octanol–water partition coefficient (Wildman–Crippen LogP) is 1.43. The number of hydrogen-bond donors (Lipinski definition) is 1. The fourth-order valence-electron chi connectivity index (χ4n) is 1.12. The van der Waals surface area contributed by atoms with Gasteiger partial charge in [0.2, 0.25) is 0 Å². The van der Waals surface area contributed by atoms with Crippen LogP contribution in [0.25, 0.3) is 0 Å². The molecule has 0 heterocycles. The summed E-state index contributed by atoms with van der Waals surface area (Å²) in [6.45, 7) is 2.64. The molecule has 0 aliphatic carbocycles. The average Bonchev–Trinajstić information content (AvgIpc) is 2.19. The van der Waals surface area contributed by atoms with Crippen molar-refractivity contribution in [2.75, 3.05) is 25.1 Å². The zero-order valence-electron chi connectivity index (χ0n) is 8.62.